The third-order valence-electron chi connectivity index (χ3n) is 2.43. The van der Waals surface area contributed by atoms with Crippen molar-refractivity contribution in [2.24, 2.45) is 5.73 Å². The Labute approximate surface area is 105 Å². The van der Waals surface area contributed by atoms with Gasteiger partial charge in [0.05, 0.1) is 6.04 Å². The van der Waals surface area contributed by atoms with E-state index in [0.29, 0.717) is 16.6 Å². The largest absolute Gasteiger partial charge is 0.368 e. The third kappa shape index (κ3) is 3.67. The van der Waals surface area contributed by atoms with Crippen molar-refractivity contribution in [3.05, 3.63) is 33.8 Å². The Balaban J connectivity index is 2.76. The van der Waals surface area contributed by atoms with Crippen LogP contribution in [0.25, 0.3) is 0 Å². The van der Waals surface area contributed by atoms with Crippen molar-refractivity contribution in [2.75, 3.05) is 7.05 Å². The van der Waals surface area contributed by atoms with Gasteiger partial charge < -0.3 is 5.73 Å². The first-order valence-corrected chi connectivity index (χ1v) is 5.60. The highest BCUT2D eigenvalue weighted by Crippen LogP contribution is 2.20. The average Bonchev–Trinajstić information content (AvgIpc) is 2.14. The summed E-state index contributed by atoms with van der Waals surface area (Å²) in [6.45, 7) is 2.33. The van der Waals surface area contributed by atoms with Gasteiger partial charge in [0.25, 0.3) is 0 Å². The third-order valence-corrected chi connectivity index (χ3v) is 2.86. The average molecular weight is 261 g/mol. The fraction of sp³-hybridized carbons (Fsp3) is 0.364. The molecule has 1 atom stereocenters. The summed E-state index contributed by atoms with van der Waals surface area (Å²) in [4.78, 5) is 12.8. The highest BCUT2D eigenvalue weighted by atomic mass is 35.5. The summed E-state index contributed by atoms with van der Waals surface area (Å²) >= 11 is 11.8. The summed E-state index contributed by atoms with van der Waals surface area (Å²) in [5, 5.41) is 1.17. The lowest BCUT2D eigenvalue weighted by Crippen LogP contribution is -2.39. The van der Waals surface area contributed by atoms with E-state index in [4.69, 9.17) is 28.9 Å². The molecule has 3 nitrogen and oxygen atoms in total. The van der Waals surface area contributed by atoms with Gasteiger partial charge in [0, 0.05) is 16.6 Å². The van der Waals surface area contributed by atoms with Crippen molar-refractivity contribution < 1.29 is 4.79 Å². The molecule has 1 aromatic rings. The van der Waals surface area contributed by atoms with Gasteiger partial charge in [0.2, 0.25) is 5.91 Å². The van der Waals surface area contributed by atoms with Gasteiger partial charge in [0.15, 0.2) is 0 Å². The van der Waals surface area contributed by atoms with E-state index < -0.39 is 0 Å². The molecule has 0 fully saturated rings. The van der Waals surface area contributed by atoms with Crippen molar-refractivity contribution in [3.63, 3.8) is 0 Å². The monoisotopic (exact) mass is 260 g/mol. The number of carbonyl (C=O) groups excluding carboxylic acids is 1. The molecule has 0 aliphatic heterocycles. The quantitative estimate of drug-likeness (QED) is 0.903. The number of likely N-dealkylation sites (N-methyl/N-ethyl adjacent to an activating group) is 1. The van der Waals surface area contributed by atoms with Gasteiger partial charge in [-0.3, -0.25) is 9.69 Å². The molecule has 0 radical (unpaired) electrons. The molecular weight excluding hydrogens is 247 g/mol. The van der Waals surface area contributed by atoms with E-state index in [0.717, 1.165) is 5.56 Å². The standard InChI is InChI=1S/C11H14Cl2N2O/c1-7(11(14)16)15(2)6-8-3-9(12)5-10(13)4-8/h3-5,7H,6H2,1-2H3,(H2,14,16)/t7-/m1/s1. The minimum Gasteiger partial charge on any atom is -0.368 e. The number of nitrogens with zero attached hydrogens (tertiary/aromatic N) is 1. The minimum atomic E-state index is -0.351. The minimum absolute atomic E-state index is 0.322. The van der Waals surface area contributed by atoms with Crippen LogP contribution < -0.4 is 5.73 Å². The first kappa shape index (κ1) is 13.3. The highest BCUT2D eigenvalue weighted by molar-refractivity contribution is 6.34. The second-order valence-electron chi connectivity index (χ2n) is 3.77. The molecule has 0 aromatic heterocycles. The molecule has 0 saturated heterocycles. The predicted molar refractivity (Wildman–Crippen MR) is 66.6 cm³/mol. The Kier molecular flexibility index (Phi) is 4.59. The van der Waals surface area contributed by atoms with Gasteiger partial charge in [-0.1, -0.05) is 23.2 Å². The van der Waals surface area contributed by atoms with Gasteiger partial charge >= 0.3 is 0 Å². The molecule has 0 heterocycles. The van der Waals surface area contributed by atoms with E-state index in [1.807, 2.05) is 24.1 Å². The van der Waals surface area contributed by atoms with E-state index in [-0.39, 0.29) is 11.9 Å². The molecule has 0 bridgehead atoms. The van der Waals surface area contributed by atoms with E-state index in [2.05, 4.69) is 0 Å². The first-order chi connectivity index (χ1) is 7.40. The molecule has 0 unspecified atom stereocenters. The number of hydrogen-bond donors (Lipinski definition) is 1. The summed E-state index contributed by atoms with van der Waals surface area (Å²) in [6.07, 6.45) is 0. The smallest absolute Gasteiger partial charge is 0.234 e. The zero-order chi connectivity index (χ0) is 12.3. The highest BCUT2D eigenvalue weighted by Gasteiger charge is 2.15. The molecule has 0 spiro atoms. The van der Waals surface area contributed by atoms with Crippen LogP contribution in [0.4, 0.5) is 0 Å². The van der Waals surface area contributed by atoms with Crippen LogP contribution in [0.2, 0.25) is 10.0 Å². The van der Waals surface area contributed by atoms with Gasteiger partial charge in [-0.05, 0) is 37.7 Å². The molecule has 1 rings (SSSR count). The molecule has 0 aliphatic rings. The Morgan fingerprint density at radius 2 is 1.88 bits per heavy atom. The first-order valence-electron chi connectivity index (χ1n) is 4.84. The zero-order valence-electron chi connectivity index (χ0n) is 9.21. The Bertz CT molecular complexity index is 375. The topological polar surface area (TPSA) is 46.3 Å². The number of hydrogen-bond acceptors (Lipinski definition) is 2. The molecular formula is C11H14Cl2N2O. The number of primary amides is 1. The number of carbonyl (C=O) groups is 1. The van der Waals surface area contributed by atoms with E-state index >= 15 is 0 Å². The maximum atomic E-state index is 11.0. The summed E-state index contributed by atoms with van der Waals surface area (Å²) in [7, 11) is 1.82. The van der Waals surface area contributed by atoms with Crippen LogP contribution in [-0.2, 0) is 11.3 Å². The van der Waals surface area contributed by atoms with Gasteiger partial charge in [-0.2, -0.15) is 0 Å². The second kappa shape index (κ2) is 5.53. The van der Waals surface area contributed by atoms with Gasteiger partial charge in [0.1, 0.15) is 0 Å². The van der Waals surface area contributed by atoms with Crippen LogP contribution in [0.1, 0.15) is 12.5 Å². The van der Waals surface area contributed by atoms with Crippen LogP contribution in [0.3, 0.4) is 0 Å². The lowest BCUT2D eigenvalue weighted by molar-refractivity contribution is -0.122. The molecule has 0 saturated carbocycles. The molecule has 0 aliphatic carbocycles. The van der Waals surface area contributed by atoms with E-state index in [1.54, 1.807) is 13.0 Å². The fourth-order valence-electron chi connectivity index (χ4n) is 1.34. The zero-order valence-corrected chi connectivity index (χ0v) is 10.7. The molecule has 1 aromatic carbocycles. The van der Waals surface area contributed by atoms with Crippen LogP contribution in [0.15, 0.2) is 18.2 Å². The molecule has 2 N–H and O–H groups in total. The lowest BCUT2D eigenvalue weighted by atomic mass is 10.2. The second-order valence-corrected chi connectivity index (χ2v) is 4.64. The Morgan fingerprint density at radius 1 is 1.38 bits per heavy atom. The Hall–Kier alpha value is -0.770. The number of benzene rings is 1. The molecule has 5 heteroatoms. The maximum absolute atomic E-state index is 11.0. The van der Waals surface area contributed by atoms with Crippen LogP contribution in [-0.4, -0.2) is 23.9 Å². The number of nitrogens with two attached hydrogens (primary N) is 1. The Morgan fingerprint density at radius 3 is 2.31 bits per heavy atom. The van der Waals surface area contributed by atoms with Crippen LogP contribution in [0, 0.1) is 0 Å². The maximum Gasteiger partial charge on any atom is 0.234 e. The van der Waals surface area contributed by atoms with Crippen molar-refractivity contribution in [3.8, 4) is 0 Å². The van der Waals surface area contributed by atoms with Crippen LogP contribution in [0.5, 0.6) is 0 Å². The van der Waals surface area contributed by atoms with E-state index in [1.165, 1.54) is 0 Å². The van der Waals surface area contributed by atoms with Crippen molar-refractivity contribution >= 4 is 29.1 Å². The fourth-order valence-corrected chi connectivity index (χ4v) is 1.92. The summed E-state index contributed by atoms with van der Waals surface area (Å²) in [5.41, 5.74) is 6.17. The van der Waals surface area contributed by atoms with Gasteiger partial charge in [-0.25, -0.2) is 0 Å². The SMILES string of the molecule is C[C@H](C(N)=O)N(C)Cc1cc(Cl)cc(Cl)c1. The summed E-state index contributed by atoms with van der Waals surface area (Å²) in [5.74, 6) is -0.351. The normalized spacial score (nSPS) is 12.8. The van der Waals surface area contributed by atoms with Crippen molar-refractivity contribution in [1.82, 2.24) is 4.90 Å². The number of amides is 1. The van der Waals surface area contributed by atoms with Crippen molar-refractivity contribution in [2.45, 2.75) is 19.5 Å². The molecule has 1 amide bonds. The summed E-state index contributed by atoms with van der Waals surface area (Å²) < 4.78 is 0. The molecule has 88 valence electrons. The lowest BCUT2D eigenvalue weighted by Gasteiger charge is -2.22. The van der Waals surface area contributed by atoms with Gasteiger partial charge in [-0.15, -0.1) is 0 Å². The van der Waals surface area contributed by atoms with E-state index in [9.17, 15) is 4.79 Å². The van der Waals surface area contributed by atoms with Crippen molar-refractivity contribution in [1.29, 1.82) is 0 Å². The molecule has 16 heavy (non-hydrogen) atoms. The summed E-state index contributed by atoms with van der Waals surface area (Å²) in [6, 6.07) is 4.98. The number of halogens is 2. The number of rotatable bonds is 4. The van der Waals surface area contributed by atoms with Crippen LogP contribution >= 0.6 is 23.2 Å². The predicted octanol–water partition coefficient (Wildman–Crippen LogP) is 2.30.